The van der Waals surface area contributed by atoms with Gasteiger partial charge in [-0.3, -0.25) is 9.58 Å². The van der Waals surface area contributed by atoms with E-state index in [1.807, 2.05) is 25.2 Å². The molecule has 2 aromatic heterocycles. The molecule has 1 aliphatic rings. The lowest BCUT2D eigenvalue weighted by molar-refractivity contribution is 0.116. The highest BCUT2D eigenvalue weighted by Crippen LogP contribution is 2.28. The standard InChI is InChI=1S/C23H21F3N6O2/c1-30-19-11-17(7-6-15(19)12-27-30)32(23(33)31-8-2-3-9-31)13-16-5-4-14(10-18(16)24)21-28-29-22(34-21)20(25)26/h4-7,10-12,20H,2-3,8-9,13H2,1H3. The maximum absolute atomic E-state index is 15.1. The summed E-state index contributed by atoms with van der Waals surface area (Å²) in [7, 11) is 1.81. The minimum absolute atomic E-state index is 0.0169. The number of likely N-dealkylation sites (tertiary alicyclic amines) is 1. The number of carbonyl (C=O) groups excluding carboxylic acids is 1. The Kier molecular flexibility index (Phi) is 5.68. The van der Waals surface area contributed by atoms with E-state index < -0.39 is 18.1 Å². The van der Waals surface area contributed by atoms with Crippen LogP contribution in [0.15, 0.2) is 47.0 Å². The molecule has 5 rings (SSSR count). The first kappa shape index (κ1) is 21.9. The Balaban J connectivity index is 1.47. The molecular formula is C23H21F3N6O2. The third kappa shape index (κ3) is 4.09. The Hall–Kier alpha value is -3.89. The molecule has 0 radical (unpaired) electrons. The Morgan fingerprint density at radius 1 is 1.15 bits per heavy atom. The molecular weight excluding hydrogens is 449 g/mol. The van der Waals surface area contributed by atoms with Gasteiger partial charge in [0.25, 0.3) is 5.89 Å². The summed E-state index contributed by atoms with van der Waals surface area (Å²) in [5.74, 6) is -1.64. The fraction of sp³-hybridized carbons (Fsp3) is 0.304. The Morgan fingerprint density at radius 3 is 2.65 bits per heavy atom. The summed E-state index contributed by atoms with van der Waals surface area (Å²) in [6, 6.07) is 9.47. The summed E-state index contributed by atoms with van der Waals surface area (Å²) in [6.07, 6.45) is 0.677. The maximum Gasteiger partial charge on any atom is 0.324 e. The second kappa shape index (κ2) is 8.81. The number of anilines is 1. The van der Waals surface area contributed by atoms with Crippen LogP contribution < -0.4 is 4.90 Å². The van der Waals surface area contributed by atoms with Gasteiger partial charge >= 0.3 is 12.5 Å². The monoisotopic (exact) mass is 470 g/mol. The molecule has 0 N–H and O–H groups in total. The van der Waals surface area contributed by atoms with Crippen LogP contribution in [0.4, 0.5) is 23.7 Å². The molecule has 0 aliphatic carbocycles. The van der Waals surface area contributed by atoms with Crippen LogP contribution in [-0.2, 0) is 13.6 Å². The number of benzene rings is 2. The molecule has 34 heavy (non-hydrogen) atoms. The average Bonchev–Trinajstić information content (AvgIpc) is 3.59. The molecule has 0 bridgehead atoms. The number of aromatic nitrogens is 4. The van der Waals surface area contributed by atoms with Crippen LogP contribution in [0.3, 0.4) is 0 Å². The smallest absolute Gasteiger partial charge is 0.324 e. The molecule has 0 saturated carbocycles. The van der Waals surface area contributed by atoms with Gasteiger partial charge in [0, 0.05) is 42.3 Å². The van der Waals surface area contributed by atoms with Crippen LogP contribution >= 0.6 is 0 Å². The van der Waals surface area contributed by atoms with E-state index in [-0.39, 0.29) is 29.6 Å². The van der Waals surface area contributed by atoms with E-state index in [2.05, 4.69) is 15.3 Å². The molecule has 11 heteroatoms. The van der Waals surface area contributed by atoms with Gasteiger partial charge in [0.05, 0.1) is 18.3 Å². The van der Waals surface area contributed by atoms with Crippen LogP contribution in [-0.4, -0.2) is 44.0 Å². The summed E-state index contributed by atoms with van der Waals surface area (Å²) in [6.45, 7) is 1.28. The highest BCUT2D eigenvalue weighted by atomic mass is 19.3. The molecule has 176 valence electrons. The van der Waals surface area contributed by atoms with E-state index in [1.165, 1.54) is 17.0 Å². The number of hydrogen-bond acceptors (Lipinski definition) is 5. The van der Waals surface area contributed by atoms with Crippen molar-refractivity contribution in [2.24, 2.45) is 7.05 Å². The molecule has 0 atom stereocenters. The zero-order valence-electron chi connectivity index (χ0n) is 18.3. The van der Waals surface area contributed by atoms with Crippen molar-refractivity contribution in [3.8, 4) is 11.5 Å². The molecule has 0 spiro atoms. The lowest BCUT2D eigenvalue weighted by Crippen LogP contribution is -2.41. The number of rotatable bonds is 5. The molecule has 1 aliphatic heterocycles. The SMILES string of the molecule is Cn1ncc2ccc(N(Cc3ccc(-c4nnc(C(F)F)o4)cc3F)C(=O)N3CCCC3)cc21. The third-order valence-corrected chi connectivity index (χ3v) is 5.91. The van der Waals surface area contributed by atoms with Crippen molar-refractivity contribution in [2.75, 3.05) is 18.0 Å². The lowest BCUT2D eigenvalue weighted by atomic mass is 10.1. The largest absolute Gasteiger partial charge is 0.415 e. The minimum Gasteiger partial charge on any atom is -0.415 e. The topological polar surface area (TPSA) is 80.3 Å². The minimum atomic E-state index is -2.91. The quantitative estimate of drug-likeness (QED) is 0.414. The van der Waals surface area contributed by atoms with Crippen LogP contribution in [0.25, 0.3) is 22.4 Å². The van der Waals surface area contributed by atoms with Gasteiger partial charge in [0.2, 0.25) is 5.89 Å². The first-order chi connectivity index (χ1) is 16.4. The van der Waals surface area contributed by atoms with Crippen molar-refractivity contribution < 1.29 is 22.4 Å². The number of hydrogen-bond donors (Lipinski definition) is 0. The van der Waals surface area contributed by atoms with E-state index in [0.29, 0.717) is 18.8 Å². The lowest BCUT2D eigenvalue weighted by Gasteiger charge is -2.28. The van der Waals surface area contributed by atoms with Crippen LogP contribution in [0.5, 0.6) is 0 Å². The molecule has 4 aromatic rings. The van der Waals surface area contributed by atoms with Crippen molar-refractivity contribution in [1.82, 2.24) is 24.9 Å². The Bertz CT molecular complexity index is 1350. The van der Waals surface area contributed by atoms with E-state index >= 15 is 4.39 Å². The number of amides is 2. The maximum atomic E-state index is 15.1. The fourth-order valence-electron chi connectivity index (χ4n) is 4.07. The molecule has 0 unspecified atom stereocenters. The number of alkyl halides is 2. The van der Waals surface area contributed by atoms with Gasteiger partial charge in [-0.25, -0.2) is 9.18 Å². The number of carbonyl (C=O) groups is 1. The molecule has 2 aromatic carbocycles. The van der Waals surface area contributed by atoms with Gasteiger partial charge in [0.1, 0.15) is 5.82 Å². The Labute approximate surface area is 192 Å². The summed E-state index contributed by atoms with van der Waals surface area (Å²) in [4.78, 5) is 16.7. The van der Waals surface area contributed by atoms with E-state index in [4.69, 9.17) is 4.42 Å². The number of nitrogens with zero attached hydrogens (tertiary/aromatic N) is 6. The predicted octanol–water partition coefficient (Wildman–Crippen LogP) is 4.92. The van der Waals surface area contributed by atoms with Crippen LogP contribution in [0.2, 0.25) is 0 Å². The van der Waals surface area contributed by atoms with Crippen molar-refractivity contribution in [3.63, 3.8) is 0 Å². The first-order valence-corrected chi connectivity index (χ1v) is 10.8. The number of halogens is 3. The molecule has 3 heterocycles. The van der Waals surface area contributed by atoms with Crippen molar-refractivity contribution in [1.29, 1.82) is 0 Å². The summed E-state index contributed by atoms with van der Waals surface area (Å²) in [5, 5.41) is 12.0. The highest BCUT2D eigenvalue weighted by molar-refractivity contribution is 5.94. The van der Waals surface area contributed by atoms with Gasteiger partial charge in [-0.05, 0) is 43.2 Å². The van der Waals surface area contributed by atoms with Crippen LogP contribution in [0, 0.1) is 5.82 Å². The summed E-state index contributed by atoms with van der Waals surface area (Å²) < 4.78 is 47.2. The normalized spacial score (nSPS) is 13.9. The molecule has 1 saturated heterocycles. The second-order valence-corrected chi connectivity index (χ2v) is 8.13. The van der Waals surface area contributed by atoms with Crippen molar-refractivity contribution in [2.45, 2.75) is 25.8 Å². The van der Waals surface area contributed by atoms with Crippen LogP contribution in [0.1, 0.15) is 30.7 Å². The van der Waals surface area contributed by atoms with Gasteiger partial charge < -0.3 is 9.32 Å². The van der Waals surface area contributed by atoms with Gasteiger partial charge in [-0.15, -0.1) is 10.2 Å². The fourth-order valence-corrected chi connectivity index (χ4v) is 4.07. The molecule has 1 fully saturated rings. The van der Waals surface area contributed by atoms with E-state index in [1.54, 1.807) is 15.8 Å². The van der Waals surface area contributed by atoms with Gasteiger partial charge in [-0.2, -0.15) is 13.9 Å². The van der Waals surface area contributed by atoms with E-state index in [9.17, 15) is 13.6 Å². The van der Waals surface area contributed by atoms with Crippen molar-refractivity contribution in [3.05, 3.63) is 59.9 Å². The summed E-state index contributed by atoms with van der Waals surface area (Å²) >= 11 is 0. The Morgan fingerprint density at radius 2 is 1.94 bits per heavy atom. The molecule has 8 nitrogen and oxygen atoms in total. The summed E-state index contributed by atoms with van der Waals surface area (Å²) in [5.41, 5.74) is 1.90. The van der Waals surface area contributed by atoms with E-state index in [0.717, 1.165) is 29.8 Å². The number of urea groups is 1. The predicted molar refractivity (Wildman–Crippen MR) is 118 cm³/mol. The zero-order valence-corrected chi connectivity index (χ0v) is 18.3. The zero-order chi connectivity index (χ0) is 23.8. The highest BCUT2D eigenvalue weighted by Gasteiger charge is 2.26. The number of fused-ring (bicyclic) bond motifs is 1. The average molecular weight is 470 g/mol. The van der Waals surface area contributed by atoms with Gasteiger partial charge in [0.15, 0.2) is 0 Å². The third-order valence-electron chi connectivity index (χ3n) is 5.91. The molecule has 2 amide bonds. The number of aryl methyl sites for hydroxylation is 1. The second-order valence-electron chi connectivity index (χ2n) is 8.13. The van der Waals surface area contributed by atoms with Crippen molar-refractivity contribution >= 4 is 22.6 Å². The first-order valence-electron chi connectivity index (χ1n) is 10.8. The van der Waals surface area contributed by atoms with Gasteiger partial charge in [-0.1, -0.05) is 6.07 Å².